The fourth-order valence-corrected chi connectivity index (χ4v) is 2.57. The van der Waals surface area contributed by atoms with Gasteiger partial charge in [0.15, 0.2) is 0 Å². The highest BCUT2D eigenvalue weighted by Crippen LogP contribution is 2.15. The third kappa shape index (κ3) is 3.38. The Balaban J connectivity index is 1.56. The van der Waals surface area contributed by atoms with Crippen molar-refractivity contribution in [1.29, 1.82) is 0 Å². The normalized spacial score (nSPS) is 18.2. The molecule has 0 aliphatic carbocycles. The van der Waals surface area contributed by atoms with Gasteiger partial charge in [0.05, 0.1) is 6.42 Å². The molecule has 1 amide bonds. The van der Waals surface area contributed by atoms with Gasteiger partial charge >= 0.3 is 0 Å². The summed E-state index contributed by atoms with van der Waals surface area (Å²) in [4.78, 5) is 22.7. The first-order chi connectivity index (χ1) is 10.7. The van der Waals surface area contributed by atoms with Gasteiger partial charge in [-0.15, -0.1) is 0 Å². The molecule has 116 valence electrons. The average molecular weight is 302 g/mol. The van der Waals surface area contributed by atoms with Gasteiger partial charge in [-0.1, -0.05) is 10.3 Å². The van der Waals surface area contributed by atoms with Crippen molar-refractivity contribution >= 4 is 11.9 Å². The van der Waals surface area contributed by atoms with Gasteiger partial charge in [-0.2, -0.15) is 0 Å². The van der Waals surface area contributed by atoms with Crippen LogP contribution < -0.4 is 10.2 Å². The van der Waals surface area contributed by atoms with Crippen LogP contribution in [-0.4, -0.2) is 45.3 Å². The summed E-state index contributed by atoms with van der Waals surface area (Å²) in [5.74, 6) is 0.637. The zero-order chi connectivity index (χ0) is 15.4. The van der Waals surface area contributed by atoms with Gasteiger partial charge in [0, 0.05) is 31.5 Å². The molecule has 0 spiro atoms. The summed E-state index contributed by atoms with van der Waals surface area (Å²) in [5, 5.41) is 10.4. The quantitative estimate of drug-likeness (QED) is 0.878. The van der Waals surface area contributed by atoms with Gasteiger partial charge in [0.2, 0.25) is 11.9 Å². The standard InChI is InChI=1S/C14H18N6O2/c1-10-12(19-22-18-10)8-13(21)17-11-4-2-7-20(9-11)14-15-5-3-6-16-14/h3,5-6,11H,2,4,7-9H2,1H3,(H,17,21). The zero-order valence-electron chi connectivity index (χ0n) is 12.4. The monoisotopic (exact) mass is 302 g/mol. The van der Waals surface area contributed by atoms with Crippen LogP contribution in [0.4, 0.5) is 5.95 Å². The van der Waals surface area contributed by atoms with Gasteiger partial charge in [-0.3, -0.25) is 4.79 Å². The molecule has 1 atom stereocenters. The van der Waals surface area contributed by atoms with E-state index in [-0.39, 0.29) is 18.4 Å². The number of amides is 1. The van der Waals surface area contributed by atoms with E-state index in [0.717, 1.165) is 19.4 Å². The Hall–Kier alpha value is -2.51. The zero-order valence-corrected chi connectivity index (χ0v) is 12.4. The maximum absolute atomic E-state index is 12.1. The van der Waals surface area contributed by atoms with Crippen molar-refractivity contribution < 1.29 is 9.42 Å². The smallest absolute Gasteiger partial charge is 0.226 e. The molecule has 0 bridgehead atoms. The van der Waals surface area contributed by atoms with Crippen molar-refractivity contribution in [3.05, 3.63) is 29.8 Å². The Kier molecular flexibility index (Phi) is 4.27. The fraction of sp³-hybridized carbons (Fsp3) is 0.500. The lowest BCUT2D eigenvalue weighted by molar-refractivity contribution is -0.121. The number of rotatable bonds is 4. The first-order valence-corrected chi connectivity index (χ1v) is 7.32. The van der Waals surface area contributed by atoms with Crippen molar-refractivity contribution in [3.63, 3.8) is 0 Å². The second-order valence-electron chi connectivity index (χ2n) is 5.37. The van der Waals surface area contributed by atoms with Gasteiger partial charge in [-0.25, -0.2) is 14.6 Å². The number of nitrogens with zero attached hydrogens (tertiary/aromatic N) is 5. The Morgan fingerprint density at radius 3 is 2.95 bits per heavy atom. The van der Waals surface area contributed by atoms with Crippen molar-refractivity contribution in [2.45, 2.75) is 32.2 Å². The van der Waals surface area contributed by atoms with Crippen LogP contribution in [-0.2, 0) is 11.2 Å². The maximum atomic E-state index is 12.1. The molecule has 0 saturated carbocycles. The summed E-state index contributed by atoms with van der Waals surface area (Å²) < 4.78 is 4.61. The van der Waals surface area contributed by atoms with E-state index in [1.54, 1.807) is 25.4 Å². The van der Waals surface area contributed by atoms with Gasteiger partial charge < -0.3 is 10.2 Å². The summed E-state index contributed by atoms with van der Waals surface area (Å²) in [6.45, 7) is 3.39. The molecule has 1 aliphatic rings. The average Bonchev–Trinajstić information content (AvgIpc) is 2.93. The highest BCUT2D eigenvalue weighted by Gasteiger charge is 2.23. The molecule has 1 unspecified atom stereocenters. The van der Waals surface area contributed by atoms with Crippen LogP contribution in [0.15, 0.2) is 23.1 Å². The van der Waals surface area contributed by atoms with Gasteiger partial charge in [-0.05, 0) is 25.8 Å². The molecular formula is C14H18N6O2. The molecule has 1 aliphatic heterocycles. The topological polar surface area (TPSA) is 97.0 Å². The minimum Gasteiger partial charge on any atom is -0.351 e. The minimum absolute atomic E-state index is 0.0698. The van der Waals surface area contributed by atoms with E-state index in [9.17, 15) is 4.79 Å². The number of hydrogen-bond donors (Lipinski definition) is 1. The number of carbonyl (C=O) groups is 1. The first kappa shape index (κ1) is 14.4. The van der Waals surface area contributed by atoms with E-state index in [1.165, 1.54) is 0 Å². The summed E-state index contributed by atoms with van der Waals surface area (Å²) in [6.07, 6.45) is 5.59. The highest BCUT2D eigenvalue weighted by molar-refractivity contribution is 5.78. The van der Waals surface area contributed by atoms with E-state index in [4.69, 9.17) is 0 Å². The molecule has 3 heterocycles. The second-order valence-corrected chi connectivity index (χ2v) is 5.37. The number of aryl methyl sites for hydroxylation is 1. The summed E-state index contributed by atoms with van der Waals surface area (Å²) in [5.41, 5.74) is 1.23. The molecule has 2 aromatic rings. The van der Waals surface area contributed by atoms with Crippen molar-refractivity contribution in [2.24, 2.45) is 0 Å². The third-order valence-electron chi connectivity index (χ3n) is 3.70. The maximum Gasteiger partial charge on any atom is 0.226 e. The Labute approximate surface area is 127 Å². The SMILES string of the molecule is Cc1nonc1CC(=O)NC1CCCN(c2ncccn2)C1. The van der Waals surface area contributed by atoms with E-state index in [1.807, 2.05) is 0 Å². The molecule has 8 nitrogen and oxygen atoms in total. The van der Waals surface area contributed by atoms with E-state index < -0.39 is 0 Å². The van der Waals surface area contributed by atoms with Crippen LogP contribution in [0.2, 0.25) is 0 Å². The van der Waals surface area contributed by atoms with Gasteiger partial charge in [0.1, 0.15) is 11.4 Å². The number of carbonyl (C=O) groups excluding carboxylic acids is 1. The molecular weight excluding hydrogens is 284 g/mol. The molecule has 0 aromatic carbocycles. The molecule has 0 radical (unpaired) electrons. The number of nitrogens with one attached hydrogen (secondary N) is 1. The predicted molar refractivity (Wildman–Crippen MR) is 78.1 cm³/mol. The Bertz CT molecular complexity index is 629. The Morgan fingerprint density at radius 2 is 2.23 bits per heavy atom. The van der Waals surface area contributed by atoms with Crippen LogP contribution in [0.5, 0.6) is 0 Å². The lowest BCUT2D eigenvalue weighted by Crippen LogP contribution is -2.48. The van der Waals surface area contributed by atoms with E-state index in [0.29, 0.717) is 23.9 Å². The highest BCUT2D eigenvalue weighted by atomic mass is 16.6. The Morgan fingerprint density at radius 1 is 1.41 bits per heavy atom. The molecule has 22 heavy (non-hydrogen) atoms. The van der Waals surface area contributed by atoms with Crippen LogP contribution in [0, 0.1) is 6.92 Å². The summed E-state index contributed by atoms with van der Waals surface area (Å²) in [6, 6.07) is 1.88. The third-order valence-corrected chi connectivity index (χ3v) is 3.70. The van der Waals surface area contributed by atoms with Crippen molar-refractivity contribution in [3.8, 4) is 0 Å². The largest absolute Gasteiger partial charge is 0.351 e. The molecule has 3 rings (SSSR count). The minimum atomic E-state index is -0.0698. The molecule has 1 saturated heterocycles. The summed E-state index contributed by atoms with van der Waals surface area (Å²) >= 11 is 0. The van der Waals surface area contributed by atoms with Crippen LogP contribution in [0.1, 0.15) is 24.2 Å². The number of anilines is 1. The lowest BCUT2D eigenvalue weighted by Gasteiger charge is -2.33. The van der Waals surface area contributed by atoms with Gasteiger partial charge in [0.25, 0.3) is 0 Å². The van der Waals surface area contributed by atoms with E-state index in [2.05, 4.69) is 35.1 Å². The molecule has 8 heteroatoms. The lowest BCUT2D eigenvalue weighted by atomic mass is 10.1. The fourth-order valence-electron chi connectivity index (χ4n) is 2.57. The van der Waals surface area contributed by atoms with Crippen molar-refractivity contribution in [2.75, 3.05) is 18.0 Å². The van der Waals surface area contributed by atoms with Crippen LogP contribution in [0.25, 0.3) is 0 Å². The molecule has 1 N–H and O–H groups in total. The van der Waals surface area contributed by atoms with Crippen LogP contribution in [0.3, 0.4) is 0 Å². The van der Waals surface area contributed by atoms with E-state index >= 15 is 0 Å². The number of hydrogen-bond acceptors (Lipinski definition) is 7. The van der Waals surface area contributed by atoms with Crippen LogP contribution >= 0.6 is 0 Å². The molecule has 1 fully saturated rings. The summed E-state index contributed by atoms with van der Waals surface area (Å²) in [7, 11) is 0. The predicted octanol–water partition coefficient (Wildman–Crippen LogP) is 0.496. The first-order valence-electron chi connectivity index (χ1n) is 7.32. The second kappa shape index (κ2) is 6.50. The molecule has 2 aromatic heterocycles. The number of piperidine rings is 1. The van der Waals surface area contributed by atoms with Crippen molar-refractivity contribution in [1.82, 2.24) is 25.6 Å². The number of aromatic nitrogens is 4.